The summed E-state index contributed by atoms with van der Waals surface area (Å²) in [5.74, 6) is -3.01. The summed E-state index contributed by atoms with van der Waals surface area (Å²) in [6.45, 7) is 1.79. The molecule has 52 heavy (non-hydrogen) atoms. The molecule has 2 aromatic heterocycles. The Balaban J connectivity index is 1.18. The number of carbonyl (C=O) groups is 1. The van der Waals surface area contributed by atoms with Gasteiger partial charge in [-0.2, -0.15) is 15.2 Å². The summed E-state index contributed by atoms with van der Waals surface area (Å²) in [5.41, 5.74) is 5.49. The van der Waals surface area contributed by atoms with Crippen LogP contribution in [0.3, 0.4) is 0 Å². The van der Waals surface area contributed by atoms with E-state index in [4.69, 9.17) is 31.8 Å². The average Bonchev–Trinajstić information content (AvgIpc) is 3.78. The van der Waals surface area contributed by atoms with Crippen LogP contribution in [0.15, 0.2) is 42.5 Å². The largest absolute Gasteiger partial charge is 0.461 e. The van der Waals surface area contributed by atoms with Gasteiger partial charge in [0, 0.05) is 42.4 Å². The first-order chi connectivity index (χ1) is 25.1. The summed E-state index contributed by atoms with van der Waals surface area (Å²) in [6.07, 6.45) is 1.64. The van der Waals surface area contributed by atoms with Gasteiger partial charge in [-0.15, -0.1) is 11.3 Å². The summed E-state index contributed by atoms with van der Waals surface area (Å²) < 4.78 is 72.3. The molecule has 3 aliphatic rings. The van der Waals surface area contributed by atoms with Crippen LogP contribution >= 0.6 is 22.9 Å². The molecular weight excluding hydrogens is 720 g/mol. The second kappa shape index (κ2) is 13.4. The number of nitrogens with two attached hydrogens (primary N) is 1. The Bertz CT molecular complexity index is 2290. The van der Waals surface area contributed by atoms with Gasteiger partial charge in [0.15, 0.2) is 17.4 Å². The highest BCUT2D eigenvalue weighted by Crippen LogP contribution is 2.46. The van der Waals surface area contributed by atoms with Crippen molar-refractivity contribution in [2.24, 2.45) is 5.92 Å². The zero-order valence-corrected chi connectivity index (χ0v) is 29.2. The monoisotopic (exact) mass is 750 g/mol. The van der Waals surface area contributed by atoms with Gasteiger partial charge < -0.3 is 20.1 Å². The van der Waals surface area contributed by atoms with E-state index in [-0.39, 0.29) is 66.1 Å². The maximum Gasteiger partial charge on any atom is 0.319 e. The smallest absolute Gasteiger partial charge is 0.319 e. The summed E-state index contributed by atoms with van der Waals surface area (Å²) in [7, 11) is 0. The molecule has 9 nitrogen and oxygen atoms in total. The molecule has 0 spiro atoms. The number of aromatic nitrogens is 2. The molecule has 0 bridgehead atoms. The van der Waals surface area contributed by atoms with E-state index in [0.717, 1.165) is 30.7 Å². The van der Waals surface area contributed by atoms with Gasteiger partial charge in [0.1, 0.15) is 41.0 Å². The molecule has 15 heteroatoms. The minimum Gasteiger partial charge on any atom is -0.461 e. The molecule has 2 N–H and O–H groups in total. The van der Waals surface area contributed by atoms with E-state index in [0.29, 0.717) is 44.7 Å². The van der Waals surface area contributed by atoms with Crippen LogP contribution in [0.25, 0.3) is 32.1 Å². The number of thiophene rings is 1. The van der Waals surface area contributed by atoms with Crippen LogP contribution in [0, 0.1) is 34.7 Å². The second-order valence-electron chi connectivity index (χ2n) is 13.5. The van der Waals surface area contributed by atoms with Gasteiger partial charge in [-0.25, -0.2) is 17.6 Å². The summed E-state index contributed by atoms with van der Waals surface area (Å²) in [5, 5.41) is 10.3. The van der Waals surface area contributed by atoms with Crippen molar-refractivity contribution in [3.63, 3.8) is 0 Å². The number of esters is 1. The van der Waals surface area contributed by atoms with Crippen molar-refractivity contribution in [1.82, 2.24) is 14.9 Å². The van der Waals surface area contributed by atoms with Crippen LogP contribution < -0.4 is 20.1 Å². The third-order valence-corrected chi connectivity index (χ3v) is 11.8. The van der Waals surface area contributed by atoms with Crippen LogP contribution in [0.4, 0.5) is 28.4 Å². The van der Waals surface area contributed by atoms with Crippen molar-refractivity contribution in [2.75, 3.05) is 43.4 Å². The van der Waals surface area contributed by atoms with Crippen LogP contribution in [0.5, 0.6) is 11.8 Å². The molecule has 0 saturated carbocycles. The van der Waals surface area contributed by atoms with E-state index in [9.17, 15) is 23.2 Å². The number of piperidine rings is 1. The number of halogens is 5. The van der Waals surface area contributed by atoms with Gasteiger partial charge >= 0.3 is 12.0 Å². The van der Waals surface area contributed by atoms with Crippen molar-refractivity contribution in [1.29, 1.82) is 5.26 Å². The van der Waals surface area contributed by atoms with Crippen molar-refractivity contribution in [2.45, 2.75) is 43.8 Å². The van der Waals surface area contributed by atoms with Gasteiger partial charge in [-0.1, -0.05) is 29.8 Å². The average molecular weight is 751 g/mol. The third-order valence-electron chi connectivity index (χ3n) is 10.4. The van der Waals surface area contributed by atoms with E-state index in [1.165, 1.54) is 36.4 Å². The number of hydrogen-bond donors (Lipinski definition) is 1. The van der Waals surface area contributed by atoms with Crippen LogP contribution in [0.2, 0.25) is 5.02 Å². The number of para-hydroxylation sites is 1. The maximum atomic E-state index is 17.0. The lowest BCUT2D eigenvalue weighted by Crippen LogP contribution is -2.43. The first-order valence-electron chi connectivity index (χ1n) is 16.9. The molecule has 3 aromatic carbocycles. The van der Waals surface area contributed by atoms with Crippen LogP contribution in [-0.4, -0.2) is 65.3 Å². The van der Waals surface area contributed by atoms with Crippen LogP contribution in [0.1, 0.15) is 37.7 Å². The molecule has 3 saturated heterocycles. The lowest BCUT2D eigenvalue weighted by molar-refractivity contribution is -0.139. The van der Waals surface area contributed by atoms with Gasteiger partial charge in [-0.3, -0.25) is 9.69 Å². The number of carbonyl (C=O) groups excluding carboxylic acids is 1. The predicted molar refractivity (Wildman–Crippen MR) is 190 cm³/mol. The van der Waals surface area contributed by atoms with Gasteiger partial charge in [-0.05, 0) is 62.1 Å². The number of anilines is 2. The van der Waals surface area contributed by atoms with Crippen molar-refractivity contribution in [3.8, 4) is 29.0 Å². The number of hydrogen-bond acceptors (Lipinski definition) is 10. The number of alkyl halides is 1. The molecule has 3 aliphatic heterocycles. The number of nitriles is 1. The summed E-state index contributed by atoms with van der Waals surface area (Å²) in [4.78, 5) is 26.2. The number of fused-ring (bicyclic) bond motifs is 3. The Morgan fingerprint density at radius 2 is 1.90 bits per heavy atom. The number of rotatable bonds is 7. The van der Waals surface area contributed by atoms with E-state index >= 15 is 4.39 Å². The Morgan fingerprint density at radius 1 is 1.12 bits per heavy atom. The fourth-order valence-electron chi connectivity index (χ4n) is 7.91. The van der Waals surface area contributed by atoms with Gasteiger partial charge in [0.2, 0.25) is 0 Å². The Kier molecular flexibility index (Phi) is 8.84. The van der Waals surface area contributed by atoms with Gasteiger partial charge in [0.05, 0.1) is 26.7 Å². The second-order valence-corrected chi connectivity index (χ2v) is 15.0. The molecule has 268 valence electrons. The standard InChI is InChI=1S/C37H31ClF4N6O3S/c38-24-14-22-31(30(42)29(24)21-6-7-26(41)32-28(21)23(16-43)33(44)52-32)45-36(50-18-37-10-3-11-48(37)17-20(39)15-37)46-34(22)47-12-8-19(9-13-47)35(49)51-27-5-2-1-4-25(27)40/h1-2,4-7,14,19-20H,3,8-13,15,17-18,44H2/t20-,37+/m1/s1. The Hall–Kier alpha value is -4.71. The number of ether oxygens (including phenoxy) is 2. The molecule has 0 radical (unpaired) electrons. The topological polar surface area (TPSA) is 118 Å². The van der Waals surface area contributed by atoms with Crippen molar-refractivity contribution < 1.29 is 31.8 Å². The Labute approximate surface area is 304 Å². The van der Waals surface area contributed by atoms with Gasteiger partial charge in [0.25, 0.3) is 0 Å². The van der Waals surface area contributed by atoms with E-state index < -0.39 is 41.0 Å². The first kappa shape index (κ1) is 34.4. The molecule has 8 rings (SSSR count). The van der Waals surface area contributed by atoms with Crippen LogP contribution in [-0.2, 0) is 4.79 Å². The highest BCUT2D eigenvalue weighted by atomic mass is 35.5. The highest BCUT2D eigenvalue weighted by molar-refractivity contribution is 7.23. The number of nitrogens with zero attached hydrogens (tertiary/aromatic N) is 5. The molecule has 3 fully saturated rings. The summed E-state index contributed by atoms with van der Waals surface area (Å²) >= 11 is 7.72. The number of nitrogen functional groups attached to an aromatic ring is 1. The lowest BCUT2D eigenvalue weighted by atomic mass is 9.95. The third kappa shape index (κ3) is 5.84. The molecule has 5 aromatic rings. The quantitative estimate of drug-likeness (QED) is 0.101. The summed E-state index contributed by atoms with van der Waals surface area (Å²) in [6, 6.07) is 11.6. The molecule has 0 aliphatic carbocycles. The fourth-order valence-corrected chi connectivity index (χ4v) is 9.16. The maximum absolute atomic E-state index is 17.0. The number of benzene rings is 3. The minimum absolute atomic E-state index is 0.0111. The zero-order chi connectivity index (χ0) is 36.3. The predicted octanol–water partition coefficient (Wildman–Crippen LogP) is 7.81. The van der Waals surface area contributed by atoms with E-state index in [1.807, 2.05) is 11.0 Å². The first-order valence-corrected chi connectivity index (χ1v) is 18.1. The molecule has 2 atom stereocenters. The normalized spacial score (nSPS) is 20.8. The van der Waals surface area contributed by atoms with Crippen molar-refractivity contribution >= 4 is 60.7 Å². The Morgan fingerprint density at radius 3 is 2.67 bits per heavy atom. The molecule has 0 unspecified atom stereocenters. The van der Waals surface area contributed by atoms with E-state index in [1.54, 1.807) is 6.07 Å². The van der Waals surface area contributed by atoms with E-state index in [2.05, 4.69) is 9.88 Å². The lowest BCUT2D eigenvalue weighted by Gasteiger charge is -2.33. The molecule has 5 heterocycles. The molecule has 0 amide bonds. The zero-order valence-electron chi connectivity index (χ0n) is 27.6. The SMILES string of the molecule is N#Cc1c(N)sc2c(F)ccc(-c3c(Cl)cc4c(N5CCC(C(=O)Oc6ccccc6F)CC5)nc(OC[C@@]56CCCN5C[C@H](F)C6)nc4c3F)c12. The van der Waals surface area contributed by atoms with Crippen molar-refractivity contribution in [3.05, 3.63) is 70.5 Å². The fraction of sp³-hybridized carbons (Fsp3) is 0.351. The minimum atomic E-state index is -0.984. The molecular formula is C37H31ClF4N6O3S. The highest BCUT2D eigenvalue weighted by Gasteiger charge is 2.49.